The summed E-state index contributed by atoms with van der Waals surface area (Å²) in [6.07, 6.45) is 1.23. The molecule has 2 atom stereocenters. The first-order valence-corrected chi connectivity index (χ1v) is 6.77. The van der Waals surface area contributed by atoms with Gasteiger partial charge in [0.05, 0.1) is 6.61 Å². The van der Waals surface area contributed by atoms with Gasteiger partial charge in [0.25, 0.3) is 0 Å². The summed E-state index contributed by atoms with van der Waals surface area (Å²) in [5.74, 6) is 1.35. The Morgan fingerprint density at radius 1 is 1.12 bits per heavy atom. The Labute approximate surface area is 108 Å². The fourth-order valence-corrected chi connectivity index (χ4v) is 1.97. The Hall–Kier alpha value is -0.120. The molecule has 0 fully saturated rings. The smallest absolute Gasteiger partial charge is 0.0618 e. The summed E-state index contributed by atoms with van der Waals surface area (Å²) in [6, 6.07) is 1.06. The van der Waals surface area contributed by atoms with Gasteiger partial charge in [-0.15, -0.1) is 0 Å². The van der Waals surface area contributed by atoms with Crippen LogP contribution in [0.15, 0.2) is 0 Å². The predicted octanol–water partition coefficient (Wildman–Crippen LogP) is 2.22. The fraction of sp³-hybridized carbons (Fsp3) is 1.00. The molecule has 0 aromatic heterocycles. The minimum Gasteiger partial charge on any atom is -0.383 e. The van der Waals surface area contributed by atoms with Gasteiger partial charge in [-0.1, -0.05) is 27.7 Å². The molecule has 3 heteroatoms. The third-order valence-corrected chi connectivity index (χ3v) is 3.24. The van der Waals surface area contributed by atoms with Crippen LogP contribution in [0.1, 0.15) is 34.1 Å². The summed E-state index contributed by atoms with van der Waals surface area (Å²) >= 11 is 0. The van der Waals surface area contributed by atoms with Crippen LogP contribution in [0.2, 0.25) is 0 Å². The van der Waals surface area contributed by atoms with Gasteiger partial charge in [0, 0.05) is 25.7 Å². The second-order valence-corrected chi connectivity index (χ2v) is 5.96. The van der Waals surface area contributed by atoms with Crippen molar-refractivity contribution in [2.45, 2.75) is 46.2 Å². The number of nitrogens with zero attached hydrogens (tertiary/aromatic N) is 1. The zero-order valence-corrected chi connectivity index (χ0v) is 12.8. The van der Waals surface area contributed by atoms with Crippen molar-refractivity contribution in [3.8, 4) is 0 Å². The normalized spacial score (nSPS) is 15.9. The number of methoxy groups -OCH3 is 1. The monoisotopic (exact) mass is 244 g/mol. The van der Waals surface area contributed by atoms with Crippen molar-refractivity contribution in [1.29, 1.82) is 0 Å². The number of ether oxygens (including phenoxy) is 1. The van der Waals surface area contributed by atoms with E-state index in [9.17, 15) is 0 Å². The summed E-state index contributed by atoms with van der Waals surface area (Å²) < 4.78 is 5.26. The van der Waals surface area contributed by atoms with Crippen LogP contribution in [0.25, 0.3) is 0 Å². The van der Waals surface area contributed by atoms with Gasteiger partial charge in [-0.05, 0) is 32.4 Å². The largest absolute Gasteiger partial charge is 0.383 e. The van der Waals surface area contributed by atoms with Crippen LogP contribution in [0.4, 0.5) is 0 Å². The summed E-state index contributed by atoms with van der Waals surface area (Å²) in [5, 5.41) is 3.64. The van der Waals surface area contributed by atoms with Crippen LogP contribution in [-0.2, 0) is 4.74 Å². The first kappa shape index (κ1) is 16.9. The maximum absolute atomic E-state index is 5.26. The molecule has 0 aromatic carbocycles. The average Bonchev–Trinajstić information content (AvgIpc) is 2.20. The molecule has 0 saturated heterocycles. The molecule has 0 saturated carbocycles. The molecule has 2 unspecified atom stereocenters. The molecule has 0 heterocycles. The molecule has 0 aliphatic carbocycles. The summed E-state index contributed by atoms with van der Waals surface area (Å²) in [6.45, 7) is 10.9. The highest BCUT2D eigenvalue weighted by Gasteiger charge is 2.17. The van der Waals surface area contributed by atoms with Gasteiger partial charge in [0.1, 0.15) is 0 Å². The first-order chi connectivity index (χ1) is 7.88. The van der Waals surface area contributed by atoms with Gasteiger partial charge in [-0.3, -0.25) is 0 Å². The van der Waals surface area contributed by atoms with Crippen molar-refractivity contribution in [2.24, 2.45) is 11.8 Å². The van der Waals surface area contributed by atoms with E-state index in [0.29, 0.717) is 18.0 Å². The second kappa shape index (κ2) is 8.90. The lowest BCUT2D eigenvalue weighted by molar-refractivity contribution is 0.138. The van der Waals surface area contributed by atoms with Crippen LogP contribution in [0.5, 0.6) is 0 Å². The van der Waals surface area contributed by atoms with Crippen molar-refractivity contribution >= 4 is 0 Å². The van der Waals surface area contributed by atoms with Gasteiger partial charge >= 0.3 is 0 Å². The third kappa shape index (κ3) is 7.74. The minimum absolute atomic E-state index is 0.453. The fourth-order valence-electron chi connectivity index (χ4n) is 1.97. The molecule has 17 heavy (non-hydrogen) atoms. The summed E-state index contributed by atoms with van der Waals surface area (Å²) in [7, 11) is 6.10. The number of rotatable bonds is 9. The van der Waals surface area contributed by atoms with Crippen molar-refractivity contribution in [3.63, 3.8) is 0 Å². The molecule has 0 spiro atoms. The van der Waals surface area contributed by atoms with E-state index in [1.165, 1.54) is 6.42 Å². The standard InChI is InChI=1S/C14H32N2O/c1-11(2)8-13(16(5)6)9-15-14(10-17-7)12(3)4/h11-15H,8-10H2,1-7H3. The minimum atomic E-state index is 0.453. The van der Waals surface area contributed by atoms with E-state index in [1.54, 1.807) is 7.11 Å². The lowest BCUT2D eigenvalue weighted by atomic mass is 10.0. The van der Waals surface area contributed by atoms with Crippen LogP contribution in [0.3, 0.4) is 0 Å². The number of hydrogen-bond donors (Lipinski definition) is 1. The molecule has 3 nitrogen and oxygen atoms in total. The quantitative estimate of drug-likeness (QED) is 0.673. The molecule has 0 aromatic rings. The van der Waals surface area contributed by atoms with E-state index >= 15 is 0 Å². The molecular weight excluding hydrogens is 212 g/mol. The highest BCUT2D eigenvalue weighted by molar-refractivity contribution is 4.76. The van der Waals surface area contributed by atoms with Gasteiger partial charge in [-0.2, -0.15) is 0 Å². The molecule has 0 radical (unpaired) electrons. The Bertz CT molecular complexity index is 181. The molecule has 0 amide bonds. The van der Waals surface area contributed by atoms with Crippen molar-refractivity contribution in [3.05, 3.63) is 0 Å². The van der Waals surface area contributed by atoms with Crippen molar-refractivity contribution in [1.82, 2.24) is 10.2 Å². The lowest BCUT2D eigenvalue weighted by Gasteiger charge is -2.30. The first-order valence-electron chi connectivity index (χ1n) is 6.77. The van der Waals surface area contributed by atoms with Gasteiger partial charge in [-0.25, -0.2) is 0 Å². The maximum atomic E-state index is 5.26. The number of nitrogens with one attached hydrogen (secondary N) is 1. The highest BCUT2D eigenvalue weighted by atomic mass is 16.5. The Morgan fingerprint density at radius 3 is 2.06 bits per heavy atom. The predicted molar refractivity (Wildman–Crippen MR) is 75.4 cm³/mol. The summed E-state index contributed by atoms with van der Waals surface area (Å²) in [4.78, 5) is 2.32. The number of hydrogen-bond acceptors (Lipinski definition) is 3. The van der Waals surface area contributed by atoms with Crippen LogP contribution in [0, 0.1) is 11.8 Å². The molecule has 0 rings (SSSR count). The maximum Gasteiger partial charge on any atom is 0.0618 e. The second-order valence-electron chi connectivity index (χ2n) is 5.96. The zero-order chi connectivity index (χ0) is 13.4. The molecule has 0 aliphatic rings. The van der Waals surface area contributed by atoms with Crippen LogP contribution < -0.4 is 5.32 Å². The molecular formula is C14H32N2O. The van der Waals surface area contributed by atoms with Crippen LogP contribution in [-0.4, -0.2) is 51.3 Å². The Morgan fingerprint density at radius 2 is 1.71 bits per heavy atom. The van der Waals surface area contributed by atoms with Gasteiger partial charge < -0.3 is 15.0 Å². The zero-order valence-electron chi connectivity index (χ0n) is 12.8. The SMILES string of the molecule is COCC(NCC(CC(C)C)N(C)C)C(C)C. The highest BCUT2D eigenvalue weighted by Crippen LogP contribution is 2.09. The van der Waals surface area contributed by atoms with E-state index in [0.717, 1.165) is 19.1 Å². The topological polar surface area (TPSA) is 24.5 Å². The Kier molecular flexibility index (Phi) is 8.83. The van der Waals surface area contributed by atoms with E-state index in [2.05, 4.69) is 52.0 Å². The summed E-state index contributed by atoms with van der Waals surface area (Å²) in [5.41, 5.74) is 0. The molecule has 104 valence electrons. The van der Waals surface area contributed by atoms with Crippen molar-refractivity contribution in [2.75, 3.05) is 34.4 Å². The average molecular weight is 244 g/mol. The number of likely N-dealkylation sites (N-methyl/N-ethyl adjacent to an activating group) is 1. The molecule has 1 N–H and O–H groups in total. The lowest BCUT2D eigenvalue weighted by Crippen LogP contribution is -2.46. The van der Waals surface area contributed by atoms with Crippen LogP contribution >= 0.6 is 0 Å². The third-order valence-electron chi connectivity index (χ3n) is 3.24. The van der Waals surface area contributed by atoms with E-state index < -0.39 is 0 Å². The van der Waals surface area contributed by atoms with Crippen molar-refractivity contribution < 1.29 is 4.74 Å². The molecule has 0 aliphatic heterocycles. The molecule has 0 bridgehead atoms. The van der Waals surface area contributed by atoms with E-state index in [4.69, 9.17) is 4.74 Å². The van der Waals surface area contributed by atoms with E-state index in [-0.39, 0.29) is 0 Å². The Balaban J connectivity index is 4.16. The van der Waals surface area contributed by atoms with Gasteiger partial charge in [0.2, 0.25) is 0 Å². The van der Waals surface area contributed by atoms with Gasteiger partial charge in [0.15, 0.2) is 0 Å². The van der Waals surface area contributed by atoms with E-state index in [1.807, 2.05) is 0 Å².